The molecule has 0 saturated carbocycles. The summed E-state index contributed by atoms with van der Waals surface area (Å²) in [6.45, 7) is 2.52. The first-order valence-corrected chi connectivity index (χ1v) is 7.46. The van der Waals surface area contributed by atoms with E-state index in [0.29, 0.717) is 17.4 Å². The van der Waals surface area contributed by atoms with Gasteiger partial charge >= 0.3 is 0 Å². The van der Waals surface area contributed by atoms with Gasteiger partial charge in [-0.3, -0.25) is 4.98 Å². The normalized spacial score (nSPS) is 12.2. The van der Waals surface area contributed by atoms with Crippen molar-refractivity contribution in [1.29, 1.82) is 0 Å². The van der Waals surface area contributed by atoms with Gasteiger partial charge in [0, 0.05) is 28.5 Å². The van der Waals surface area contributed by atoms with Crippen molar-refractivity contribution in [2.75, 3.05) is 7.05 Å². The van der Waals surface area contributed by atoms with Crippen LogP contribution in [-0.4, -0.2) is 12.0 Å². The Morgan fingerprint density at radius 1 is 1.35 bits per heavy atom. The van der Waals surface area contributed by atoms with E-state index >= 15 is 0 Å². The quantitative estimate of drug-likeness (QED) is 0.865. The Morgan fingerprint density at radius 3 is 2.80 bits per heavy atom. The zero-order valence-corrected chi connectivity index (χ0v) is 13.7. The van der Waals surface area contributed by atoms with Crippen LogP contribution in [-0.2, 0) is 6.61 Å². The number of ether oxygens (including phenoxy) is 1. The second-order valence-corrected chi connectivity index (χ2v) is 5.82. The molecule has 5 heteroatoms. The van der Waals surface area contributed by atoms with Crippen LogP contribution in [0.3, 0.4) is 0 Å². The maximum atomic E-state index is 6.25. The van der Waals surface area contributed by atoms with E-state index in [0.717, 1.165) is 15.6 Å². The average molecular weight is 356 g/mol. The summed E-state index contributed by atoms with van der Waals surface area (Å²) in [5.41, 5.74) is 2.12. The molecular formula is C15H16BrClN2O. The van der Waals surface area contributed by atoms with Crippen LogP contribution in [0, 0.1) is 0 Å². The van der Waals surface area contributed by atoms with E-state index in [1.807, 2.05) is 31.3 Å². The summed E-state index contributed by atoms with van der Waals surface area (Å²) in [7, 11) is 1.92. The molecule has 1 unspecified atom stereocenters. The molecule has 20 heavy (non-hydrogen) atoms. The minimum Gasteiger partial charge on any atom is -0.487 e. The summed E-state index contributed by atoms with van der Waals surface area (Å²) in [5, 5.41) is 3.80. The molecule has 0 aliphatic carbocycles. The highest BCUT2D eigenvalue weighted by atomic mass is 79.9. The molecule has 0 saturated heterocycles. The first-order valence-electron chi connectivity index (χ1n) is 6.29. The van der Waals surface area contributed by atoms with Gasteiger partial charge in [-0.1, -0.05) is 17.7 Å². The smallest absolute Gasteiger partial charge is 0.138 e. The molecule has 0 spiro atoms. The van der Waals surface area contributed by atoms with Crippen LogP contribution in [0.15, 0.2) is 41.1 Å². The zero-order valence-electron chi connectivity index (χ0n) is 11.4. The summed E-state index contributed by atoms with van der Waals surface area (Å²) >= 11 is 9.64. The number of aromatic nitrogens is 1. The first kappa shape index (κ1) is 15.3. The van der Waals surface area contributed by atoms with Gasteiger partial charge in [0.05, 0.1) is 5.02 Å². The highest BCUT2D eigenvalue weighted by Gasteiger charge is 2.07. The number of nitrogens with one attached hydrogen (secondary N) is 1. The Morgan fingerprint density at radius 2 is 2.15 bits per heavy atom. The molecule has 0 bridgehead atoms. The number of nitrogens with zero attached hydrogens (tertiary/aromatic N) is 1. The van der Waals surface area contributed by atoms with E-state index in [9.17, 15) is 0 Å². The van der Waals surface area contributed by atoms with E-state index in [1.54, 1.807) is 12.4 Å². The first-order chi connectivity index (χ1) is 9.60. The second-order valence-electron chi connectivity index (χ2n) is 4.50. The van der Waals surface area contributed by atoms with Crippen LogP contribution < -0.4 is 10.1 Å². The van der Waals surface area contributed by atoms with E-state index < -0.39 is 0 Å². The summed E-state index contributed by atoms with van der Waals surface area (Å²) in [6.07, 6.45) is 3.51. The Labute approximate surface area is 132 Å². The highest BCUT2D eigenvalue weighted by molar-refractivity contribution is 9.10. The van der Waals surface area contributed by atoms with Crippen molar-refractivity contribution in [1.82, 2.24) is 10.3 Å². The molecule has 1 N–H and O–H groups in total. The zero-order chi connectivity index (χ0) is 14.5. The summed E-state index contributed by atoms with van der Waals surface area (Å²) in [6, 6.07) is 8.07. The van der Waals surface area contributed by atoms with Gasteiger partial charge < -0.3 is 10.1 Å². The molecule has 1 aromatic heterocycles. The molecule has 0 radical (unpaired) electrons. The van der Waals surface area contributed by atoms with Crippen molar-refractivity contribution in [3.8, 4) is 5.75 Å². The molecule has 2 aromatic rings. The third-order valence-corrected chi connectivity index (χ3v) is 3.77. The van der Waals surface area contributed by atoms with Gasteiger partial charge in [-0.25, -0.2) is 0 Å². The van der Waals surface area contributed by atoms with Crippen LogP contribution in [0.2, 0.25) is 5.02 Å². The average Bonchev–Trinajstić information content (AvgIpc) is 2.45. The van der Waals surface area contributed by atoms with E-state index in [1.165, 1.54) is 0 Å². The SMILES string of the molecule is CNC(C)c1ccc(OCc2cncc(Br)c2)c(Cl)c1. The summed E-state index contributed by atoms with van der Waals surface area (Å²) in [4.78, 5) is 4.10. The molecule has 106 valence electrons. The monoisotopic (exact) mass is 354 g/mol. The fraction of sp³-hybridized carbons (Fsp3) is 0.267. The maximum Gasteiger partial charge on any atom is 0.138 e. The molecule has 0 aliphatic heterocycles. The highest BCUT2D eigenvalue weighted by Crippen LogP contribution is 2.28. The van der Waals surface area contributed by atoms with Crippen molar-refractivity contribution in [3.63, 3.8) is 0 Å². The Hall–Kier alpha value is -1.10. The van der Waals surface area contributed by atoms with Gasteiger partial charge in [0.15, 0.2) is 0 Å². The van der Waals surface area contributed by atoms with Crippen LogP contribution in [0.4, 0.5) is 0 Å². The van der Waals surface area contributed by atoms with Crippen LogP contribution in [0.25, 0.3) is 0 Å². The maximum absolute atomic E-state index is 6.25. The predicted molar refractivity (Wildman–Crippen MR) is 85.2 cm³/mol. The third kappa shape index (κ3) is 3.95. The Bertz CT molecular complexity index is 592. The lowest BCUT2D eigenvalue weighted by atomic mass is 10.1. The molecule has 2 rings (SSSR count). The number of benzene rings is 1. The van der Waals surface area contributed by atoms with Gasteiger partial charge in [0.25, 0.3) is 0 Å². The van der Waals surface area contributed by atoms with Crippen molar-refractivity contribution in [2.45, 2.75) is 19.6 Å². The molecule has 1 heterocycles. The van der Waals surface area contributed by atoms with Gasteiger partial charge in [0.2, 0.25) is 0 Å². The molecule has 0 amide bonds. The van der Waals surface area contributed by atoms with Crippen LogP contribution in [0.5, 0.6) is 5.75 Å². The number of hydrogen-bond acceptors (Lipinski definition) is 3. The van der Waals surface area contributed by atoms with E-state index in [2.05, 4.69) is 33.2 Å². The molecule has 1 aromatic carbocycles. The lowest BCUT2D eigenvalue weighted by Crippen LogP contribution is -2.12. The Kier molecular flexibility index (Phi) is 5.40. The van der Waals surface area contributed by atoms with Gasteiger partial charge in [-0.15, -0.1) is 0 Å². The lowest BCUT2D eigenvalue weighted by Gasteiger charge is -2.13. The summed E-state index contributed by atoms with van der Waals surface area (Å²) in [5.74, 6) is 0.679. The Balaban J connectivity index is 2.07. The molecule has 0 fully saturated rings. The van der Waals surface area contributed by atoms with Crippen molar-refractivity contribution in [3.05, 3.63) is 57.3 Å². The van der Waals surface area contributed by atoms with Crippen molar-refractivity contribution in [2.24, 2.45) is 0 Å². The van der Waals surface area contributed by atoms with Crippen LogP contribution in [0.1, 0.15) is 24.1 Å². The topological polar surface area (TPSA) is 34.1 Å². The van der Waals surface area contributed by atoms with E-state index in [4.69, 9.17) is 16.3 Å². The molecular weight excluding hydrogens is 340 g/mol. The van der Waals surface area contributed by atoms with Gasteiger partial charge in [-0.05, 0) is 53.7 Å². The number of pyridine rings is 1. The van der Waals surface area contributed by atoms with Crippen molar-refractivity contribution < 1.29 is 4.74 Å². The molecule has 3 nitrogen and oxygen atoms in total. The van der Waals surface area contributed by atoms with Crippen LogP contribution >= 0.6 is 27.5 Å². The lowest BCUT2D eigenvalue weighted by molar-refractivity contribution is 0.305. The second kappa shape index (κ2) is 7.07. The number of halogens is 2. The third-order valence-electron chi connectivity index (χ3n) is 3.04. The van der Waals surface area contributed by atoms with Gasteiger partial charge in [-0.2, -0.15) is 0 Å². The summed E-state index contributed by atoms with van der Waals surface area (Å²) < 4.78 is 6.67. The predicted octanol–water partition coefficient (Wildman–Crippen LogP) is 4.36. The number of hydrogen-bond donors (Lipinski definition) is 1. The van der Waals surface area contributed by atoms with Crippen molar-refractivity contribution >= 4 is 27.5 Å². The largest absolute Gasteiger partial charge is 0.487 e. The number of rotatable bonds is 5. The standard InChI is InChI=1S/C15H16BrClN2O/c1-10(18-2)12-3-4-15(14(17)6-12)20-9-11-5-13(16)8-19-7-11/h3-8,10,18H,9H2,1-2H3. The fourth-order valence-corrected chi connectivity index (χ4v) is 2.42. The fourth-order valence-electron chi connectivity index (χ4n) is 1.77. The minimum absolute atomic E-state index is 0.260. The minimum atomic E-state index is 0.260. The molecule has 0 aliphatic rings. The van der Waals surface area contributed by atoms with E-state index in [-0.39, 0.29) is 6.04 Å². The van der Waals surface area contributed by atoms with Gasteiger partial charge in [0.1, 0.15) is 12.4 Å². The molecule has 1 atom stereocenters.